The first-order valence-electron chi connectivity index (χ1n) is 7.29. The number of carbonyl (C=O) groups is 2. The molecule has 2 amide bonds. The summed E-state index contributed by atoms with van der Waals surface area (Å²) in [6.07, 6.45) is -4.73. The second-order valence-corrected chi connectivity index (χ2v) is 5.61. The predicted octanol–water partition coefficient (Wildman–Crippen LogP) is 3.62. The Kier molecular flexibility index (Phi) is 6.10. The van der Waals surface area contributed by atoms with Crippen LogP contribution in [0.15, 0.2) is 42.5 Å². The van der Waals surface area contributed by atoms with Gasteiger partial charge in [-0.1, -0.05) is 23.7 Å². The maximum Gasteiger partial charge on any atom is 0.418 e. The maximum absolute atomic E-state index is 13.0. The van der Waals surface area contributed by atoms with Gasteiger partial charge < -0.3 is 15.4 Å². The van der Waals surface area contributed by atoms with Crippen LogP contribution in [0, 0.1) is 0 Å². The smallest absolute Gasteiger partial charge is 0.418 e. The molecule has 2 rings (SSSR count). The zero-order chi connectivity index (χ0) is 19.3. The standard InChI is InChI=1S/C17H14ClF3N2O3/c1-26-12-5-2-10(3-6-12)9-22-15(24)16(25)23-14-7-4-11(18)8-13(14)17(19,20)21/h2-8H,9H2,1H3,(H,22,24)(H,23,25). The van der Waals surface area contributed by atoms with Crippen LogP contribution in [0.25, 0.3) is 0 Å². The maximum atomic E-state index is 13.0. The predicted molar refractivity (Wildman–Crippen MR) is 89.9 cm³/mol. The lowest BCUT2D eigenvalue weighted by atomic mass is 10.1. The molecular formula is C17H14ClF3N2O3. The first-order chi connectivity index (χ1) is 12.2. The van der Waals surface area contributed by atoms with Gasteiger partial charge in [-0.3, -0.25) is 9.59 Å². The molecule has 0 aromatic heterocycles. The van der Waals surface area contributed by atoms with E-state index in [9.17, 15) is 22.8 Å². The van der Waals surface area contributed by atoms with Crippen molar-refractivity contribution in [3.63, 3.8) is 0 Å². The topological polar surface area (TPSA) is 67.4 Å². The van der Waals surface area contributed by atoms with Crippen LogP contribution in [-0.2, 0) is 22.3 Å². The van der Waals surface area contributed by atoms with Crippen molar-refractivity contribution in [2.45, 2.75) is 12.7 Å². The van der Waals surface area contributed by atoms with E-state index >= 15 is 0 Å². The normalized spacial score (nSPS) is 11.0. The summed E-state index contributed by atoms with van der Waals surface area (Å²) in [5, 5.41) is 4.14. The highest BCUT2D eigenvalue weighted by molar-refractivity contribution is 6.39. The molecule has 0 saturated carbocycles. The third-order valence-corrected chi connectivity index (χ3v) is 3.59. The van der Waals surface area contributed by atoms with Crippen molar-refractivity contribution in [3.05, 3.63) is 58.6 Å². The Morgan fingerprint density at radius 1 is 1.08 bits per heavy atom. The summed E-state index contributed by atoms with van der Waals surface area (Å²) in [5.41, 5.74) is -0.998. The summed E-state index contributed by atoms with van der Waals surface area (Å²) in [5.74, 6) is -1.66. The van der Waals surface area contributed by atoms with E-state index in [0.717, 1.165) is 6.07 Å². The highest BCUT2D eigenvalue weighted by Gasteiger charge is 2.34. The molecule has 0 heterocycles. The van der Waals surface area contributed by atoms with E-state index < -0.39 is 29.2 Å². The molecule has 0 aliphatic heterocycles. The molecule has 0 atom stereocenters. The van der Waals surface area contributed by atoms with Crippen LogP contribution >= 0.6 is 11.6 Å². The molecule has 2 aromatic carbocycles. The highest BCUT2D eigenvalue weighted by atomic mass is 35.5. The fourth-order valence-corrected chi connectivity index (χ4v) is 2.22. The highest BCUT2D eigenvalue weighted by Crippen LogP contribution is 2.36. The number of methoxy groups -OCH3 is 1. The monoisotopic (exact) mass is 386 g/mol. The van der Waals surface area contributed by atoms with Crippen LogP contribution < -0.4 is 15.4 Å². The van der Waals surface area contributed by atoms with E-state index in [0.29, 0.717) is 17.4 Å². The minimum absolute atomic E-state index is 0.0307. The summed E-state index contributed by atoms with van der Waals surface area (Å²) >= 11 is 5.56. The first kappa shape index (κ1) is 19.6. The van der Waals surface area contributed by atoms with Crippen LogP contribution in [-0.4, -0.2) is 18.9 Å². The fourth-order valence-electron chi connectivity index (χ4n) is 2.05. The lowest BCUT2D eigenvalue weighted by molar-refractivity contribution is -0.138. The summed E-state index contributed by atoms with van der Waals surface area (Å²) in [6, 6.07) is 9.54. The molecule has 2 aromatic rings. The molecule has 0 unspecified atom stereocenters. The Bertz CT molecular complexity index is 808. The van der Waals surface area contributed by atoms with Crippen molar-refractivity contribution in [2.75, 3.05) is 12.4 Å². The molecule has 0 spiro atoms. The van der Waals surface area contributed by atoms with Gasteiger partial charge in [-0.25, -0.2) is 0 Å². The van der Waals surface area contributed by atoms with E-state index in [1.807, 2.05) is 5.32 Å². The third-order valence-electron chi connectivity index (χ3n) is 3.35. The molecule has 0 fully saturated rings. The third kappa shape index (κ3) is 5.13. The van der Waals surface area contributed by atoms with Gasteiger partial charge in [0.05, 0.1) is 18.4 Å². The van der Waals surface area contributed by atoms with E-state index in [2.05, 4.69) is 5.32 Å². The van der Waals surface area contributed by atoms with Crippen molar-refractivity contribution < 1.29 is 27.5 Å². The zero-order valence-corrected chi connectivity index (χ0v) is 14.2. The number of halogens is 4. The number of ether oxygens (including phenoxy) is 1. The Morgan fingerprint density at radius 3 is 2.31 bits per heavy atom. The molecule has 0 saturated heterocycles. The van der Waals surface area contributed by atoms with Gasteiger partial charge in [-0.05, 0) is 35.9 Å². The molecule has 0 aliphatic rings. The first-order valence-corrected chi connectivity index (χ1v) is 7.67. The number of rotatable bonds is 4. The molecule has 2 N–H and O–H groups in total. The van der Waals surface area contributed by atoms with Gasteiger partial charge in [0.15, 0.2) is 0 Å². The number of amides is 2. The number of alkyl halides is 3. The average Bonchev–Trinajstić information content (AvgIpc) is 2.60. The minimum Gasteiger partial charge on any atom is -0.497 e. The number of nitrogens with one attached hydrogen (secondary N) is 2. The van der Waals surface area contributed by atoms with Crippen molar-refractivity contribution in [1.29, 1.82) is 0 Å². The SMILES string of the molecule is COc1ccc(CNC(=O)C(=O)Nc2ccc(Cl)cc2C(F)(F)F)cc1. The Labute approximate surface area is 152 Å². The average molecular weight is 387 g/mol. The van der Waals surface area contributed by atoms with Crippen LogP contribution in [0.4, 0.5) is 18.9 Å². The van der Waals surface area contributed by atoms with Gasteiger partial charge in [0.2, 0.25) is 0 Å². The van der Waals surface area contributed by atoms with E-state index in [1.54, 1.807) is 24.3 Å². The molecule has 0 aliphatic carbocycles. The molecule has 9 heteroatoms. The second-order valence-electron chi connectivity index (χ2n) is 5.17. The van der Waals surface area contributed by atoms with Crippen molar-refractivity contribution in [2.24, 2.45) is 0 Å². The lowest BCUT2D eigenvalue weighted by Crippen LogP contribution is -2.35. The Morgan fingerprint density at radius 2 is 1.73 bits per heavy atom. The van der Waals surface area contributed by atoms with Crippen molar-refractivity contribution in [1.82, 2.24) is 5.32 Å². The Hall–Kier alpha value is -2.74. The van der Waals surface area contributed by atoms with Crippen LogP contribution in [0.3, 0.4) is 0 Å². The van der Waals surface area contributed by atoms with Crippen LogP contribution in [0.2, 0.25) is 5.02 Å². The van der Waals surface area contributed by atoms with Crippen LogP contribution in [0.5, 0.6) is 5.75 Å². The van der Waals surface area contributed by atoms with Gasteiger partial charge in [-0.2, -0.15) is 13.2 Å². The molecule has 138 valence electrons. The molecular weight excluding hydrogens is 373 g/mol. The summed E-state index contributed by atoms with van der Waals surface area (Å²) in [6.45, 7) is 0.0307. The van der Waals surface area contributed by atoms with E-state index in [-0.39, 0.29) is 11.6 Å². The lowest BCUT2D eigenvalue weighted by Gasteiger charge is -2.14. The molecule has 5 nitrogen and oxygen atoms in total. The number of benzene rings is 2. The summed E-state index contributed by atoms with van der Waals surface area (Å²) < 4.78 is 44.0. The second kappa shape index (κ2) is 8.09. The largest absolute Gasteiger partial charge is 0.497 e. The number of hydrogen-bond acceptors (Lipinski definition) is 3. The minimum atomic E-state index is -4.73. The van der Waals surface area contributed by atoms with Gasteiger partial charge in [0, 0.05) is 11.6 Å². The summed E-state index contributed by atoms with van der Waals surface area (Å²) in [4.78, 5) is 23.7. The van der Waals surface area contributed by atoms with E-state index in [4.69, 9.17) is 16.3 Å². The summed E-state index contributed by atoms with van der Waals surface area (Å²) in [7, 11) is 1.51. The van der Waals surface area contributed by atoms with Gasteiger partial charge in [0.25, 0.3) is 0 Å². The Balaban J connectivity index is 2.02. The molecule has 26 heavy (non-hydrogen) atoms. The number of carbonyl (C=O) groups excluding carboxylic acids is 2. The number of anilines is 1. The zero-order valence-electron chi connectivity index (χ0n) is 13.5. The van der Waals surface area contributed by atoms with Crippen LogP contribution in [0.1, 0.15) is 11.1 Å². The van der Waals surface area contributed by atoms with Gasteiger partial charge in [-0.15, -0.1) is 0 Å². The quantitative estimate of drug-likeness (QED) is 0.789. The van der Waals surface area contributed by atoms with Gasteiger partial charge in [0.1, 0.15) is 5.75 Å². The molecule has 0 radical (unpaired) electrons. The number of hydrogen-bond donors (Lipinski definition) is 2. The van der Waals surface area contributed by atoms with Crippen molar-refractivity contribution in [3.8, 4) is 5.75 Å². The van der Waals surface area contributed by atoms with E-state index in [1.165, 1.54) is 13.2 Å². The molecule has 0 bridgehead atoms. The van der Waals surface area contributed by atoms with Crippen molar-refractivity contribution >= 4 is 29.1 Å². The fraction of sp³-hybridized carbons (Fsp3) is 0.176. The van der Waals surface area contributed by atoms with Gasteiger partial charge >= 0.3 is 18.0 Å².